The third kappa shape index (κ3) is 3.63. The number of nitrogens with one attached hydrogen (secondary N) is 1. The molecule has 0 amide bonds. The van der Waals surface area contributed by atoms with Crippen LogP contribution < -0.4 is 5.32 Å². The molecule has 1 fully saturated rings. The van der Waals surface area contributed by atoms with Crippen molar-refractivity contribution in [3.05, 3.63) is 35.9 Å². The SMILES string of the molecule is O=S1CCC(NC(CO)c2ccccc2)CC1. The first kappa shape index (κ1) is 12.7. The van der Waals surface area contributed by atoms with E-state index in [0.29, 0.717) is 6.04 Å². The first-order valence-electron chi connectivity index (χ1n) is 6.06. The second kappa shape index (κ2) is 6.28. The Morgan fingerprint density at radius 1 is 1.29 bits per heavy atom. The summed E-state index contributed by atoms with van der Waals surface area (Å²) in [4.78, 5) is 0. The van der Waals surface area contributed by atoms with Crippen LogP contribution in [-0.4, -0.2) is 33.5 Å². The van der Waals surface area contributed by atoms with Gasteiger partial charge < -0.3 is 10.4 Å². The molecule has 1 heterocycles. The molecule has 2 N–H and O–H groups in total. The Labute approximate surface area is 105 Å². The summed E-state index contributed by atoms with van der Waals surface area (Å²) >= 11 is 0. The van der Waals surface area contributed by atoms with Crippen LogP contribution in [0.4, 0.5) is 0 Å². The highest BCUT2D eigenvalue weighted by Gasteiger charge is 2.21. The quantitative estimate of drug-likeness (QED) is 0.848. The van der Waals surface area contributed by atoms with E-state index >= 15 is 0 Å². The van der Waals surface area contributed by atoms with Crippen molar-refractivity contribution in [1.82, 2.24) is 5.32 Å². The Balaban J connectivity index is 1.94. The predicted octanol–water partition coefficient (Wildman–Crippen LogP) is 1.22. The van der Waals surface area contributed by atoms with E-state index in [4.69, 9.17) is 0 Å². The third-order valence-electron chi connectivity index (χ3n) is 3.21. The Morgan fingerprint density at radius 3 is 2.53 bits per heavy atom. The fourth-order valence-corrected chi connectivity index (χ4v) is 3.48. The van der Waals surface area contributed by atoms with Crippen molar-refractivity contribution in [1.29, 1.82) is 0 Å². The first-order valence-corrected chi connectivity index (χ1v) is 7.55. The summed E-state index contributed by atoms with van der Waals surface area (Å²) in [5.74, 6) is 1.56. The number of hydrogen-bond acceptors (Lipinski definition) is 3. The molecule has 17 heavy (non-hydrogen) atoms. The normalized spacial score (nSPS) is 26.6. The molecule has 1 aliphatic rings. The Hall–Kier alpha value is -0.710. The Bertz CT molecular complexity index is 359. The largest absolute Gasteiger partial charge is 0.394 e. The third-order valence-corrected chi connectivity index (χ3v) is 4.59. The van der Waals surface area contributed by atoms with Crippen LogP contribution in [0.3, 0.4) is 0 Å². The van der Waals surface area contributed by atoms with E-state index < -0.39 is 10.8 Å². The van der Waals surface area contributed by atoms with Gasteiger partial charge in [-0.3, -0.25) is 4.21 Å². The van der Waals surface area contributed by atoms with E-state index in [9.17, 15) is 9.32 Å². The van der Waals surface area contributed by atoms with Crippen LogP contribution in [0.15, 0.2) is 30.3 Å². The molecule has 2 rings (SSSR count). The smallest absolute Gasteiger partial charge is 0.0626 e. The van der Waals surface area contributed by atoms with Crippen molar-refractivity contribution in [2.24, 2.45) is 0 Å². The molecule has 0 bridgehead atoms. The van der Waals surface area contributed by atoms with Gasteiger partial charge in [-0.05, 0) is 18.4 Å². The van der Waals surface area contributed by atoms with Crippen molar-refractivity contribution in [2.75, 3.05) is 18.1 Å². The van der Waals surface area contributed by atoms with Gasteiger partial charge in [-0.15, -0.1) is 0 Å². The molecule has 3 nitrogen and oxygen atoms in total. The van der Waals surface area contributed by atoms with Crippen molar-refractivity contribution < 1.29 is 9.32 Å². The van der Waals surface area contributed by atoms with Gasteiger partial charge in [0.1, 0.15) is 0 Å². The van der Waals surface area contributed by atoms with Crippen LogP contribution in [0.5, 0.6) is 0 Å². The number of benzene rings is 1. The minimum Gasteiger partial charge on any atom is -0.394 e. The van der Waals surface area contributed by atoms with Gasteiger partial charge in [-0.25, -0.2) is 0 Å². The second-order valence-electron chi connectivity index (χ2n) is 4.43. The molecule has 1 unspecified atom stereocenters. The molecule has 1 saturated heterocycles. The van der Waals surface area contributed by atoms with Crippen molar-refractivity contribution in [3.8, 4) is 0 Å². The molecule has 1 aromatic carbocycles. The fourth-order valence-electron chi connectivity index (χ4n) is 2.18. The van der Waals surface area contributed by atoms with E-state index in [1.165, 1.54) is 0 Å². The van der Waals surface area contributed by atoms with Crippen LogP contribution >= 0.6 is 0 Å². The van der Waals surface area contributed by atoms with Crippen LogP contribution in [0.2, 0.25) is 0 Å². The monoisotopic (exact) mass is 253 g/mol. The Morgan fingerprint density at radius 2 is 1.94 bits per heavy atom. The van der Waals surface area contributed by atoms with E-state index in [1.54, 1.807) is 0 Å². The van der Waals surface area contributed by atoms with E-state index in [2.05, 4.69) is 5.32 Å². The lowest BCUT2D eigenvalue weighted by atomic mass is 10.0. The Kier molecular flexibility index (Phi) is 4.71. The van der Waals surface area contributed by atoms with Gasteiger partial charge in [0.2, 0.25) is 0 Å². The zero-order chi connectivity index (χ0) is 12.1. The molecule has 1 atom stereocenters. The molecule has 0 aromatic heterocycles. The van der Waals surface area contributed by atoms with Gasteiger partial charge in [0.05, 0.1) is 12.6 Å². The molecular formula is C13H19NO2S. The summed E-state index contributed by atoms with van der Waals surface area (Å²) in [6.45, 7) is 0.101. The summed E-state index contributed by atoms with van der Waals surface area (Å²) in [5.41, 5.74) is 1.11. The molecule has 1 aromatic rings. The second-order valence-corrected chi connectivity index (χ2v) is 6.13. The van der Waals surface area contributed by atoms with E-state index in [-0.39, 0.29) is 12.6 Å². The number of aliphatic hydroxyl groups is 1. The maximum absolute atomic E-state index is 11.3. The van der Waals surface area contributed by atoms with Crippen molar-refractivity contribution in [2.45, 2.75) is 24.9 Å². The molecular weight excluding hydrogens is 234 g/mol. The maximum atomic E-state index is 11.3. The topological polar surface area (TPSA) is 49.3 Å². The first-order chi connectivity index (χ1) is 8.29. The number of aliphatic hydroxyl groups excluding tert-OH is 1. The van der Waals surface area contributed by atoms with Gasteiger partial charge in [0.25, 0.3) is 0 Å². The van der Waals surface area contributed by atoms with E-state index in [1.807, 2.05) is 30.3 Å². The summed E-state index contributed by atoms with van der Waals surface area (Å²) in [7, 11) is -0.625. The molecule has 1 aliphatic heterocycles. The molecule has 0 saturated carbocycles. The highest BCUT2D eigenvalue weighted by Crippen LogP contribution is 2.17. The van der Waals surface area contributed by atoms with E-state index in [0.717, 1.165) is 29.9 Å². The summed E-state index contributed by atoms with van der Waals surface area (Å²) in [5, 5.41) is 12.9. The van der Waals surface area contributed by atoms with Crippen LogP contribution in [0.25, 0.3) is 0 Å². The highest BCUT2D eigenvalue weighted by atomic mass is 32.2. The van der Waals surface area contributed by atoms with Crippen LogP contribution in [0, 0.1) is 0 Å². The average Bonchev–Trinajstić information content (AvgIpc) is 2.39. The summed E-state index contributed by atoms with van der Waals surface area (Å²) in [6.07, 6.45) is 1.88. The number of rotatable bonds is 4. The van der Waals surface area contributed by atoms with Gasteiger partial charge in [0, 0.05) is 28.3 Å². The average molecular weight is 253 g/mol. The molecule has 0 spiro atoms. The van der Waals surface area contributed by atoms with Gasteiger partial charge in [-0.1, -0.05) is 30.3 Å². The molecule has 4 heteroatoms. The summed E-state index contributed by atoms with van der Waals surface area (Å²) < 4.78 is 11.3. The maximum Gasteiger partial charge on any atom is 0.0626 e. The highest BCUT2D eigenvalue weighted by molar-refractivity contribution is 7.85. The molecule has 0 aliphatic carbocycles. The fraction of sp³-hybridized carbons (Fsp3) is 0.538. The minimum atomic E-state index is -0.625. The number of hydrogen-bond donors (Lipinski definition) is 2. The van der Waals surface area contributed by atoms with Crippen LogP contribution in [0.1, 0.15) is 24.4 Å². The summed E-state index contributed by atoms with van der Waals surface area (Å²) in [6, 6.07) is 10.4. The van der Waals surface area contributed by atoms with Gasteiger partial charge in [0.15, 0.2) is 0 Å². The minimum absolute atomic E-state index is 0.00673. The standard InChI is InChI=1S/C13H19NO2S/c15-10-13(11-4-2-1-3-5-11)14-12-6-8-17(16)9-7-12/h1-5,12-15H,6-10H2. The lowest BCUT2D eigenvalue weighted by molar-refractivity contribution is 0.230. The lowest BCUT2D eigenvalue weighted by Gasteiger charge is -2.27. The van der Waals surface area contributed by atoms with Gasteiger partial charge >= 0.3 is 0 Å². The van der Waals surface area contributed by atoms with Crippen molar-refractivity contribution in [3.63, 3.8) is 0 Å². The molecule has 0 radical (unpaired) electrons. The molecule has 94 valence electrons. The van der Waals surface area contributed by atoms with Crippen molar-refractivity contribution >= 4 is 10.8 Å². The zero-order valence-corrected chi connectivity index (χ0v) is 10.7. The van der Waals surface area contributed by atoms with Crippen LogP contribution in [-0.2, 0) is 10.8 Å². The van der Waals surface area contributed by atoms with Gasteiger partial charge in [-0.2, -0.15) is 0 Å². The predicted molar refractivity (Wildman–Crippen MR) is 70.3 cm³/mol. The zero-order valence-electron chi connectivity index (χ0n) is 9.84. The lowest BCUT2D eigenvalue weighted by Crippen LogP contribution is -2.39.